The van der Waals surface area contributed by atoms with Gasteiger partial charge in [-0.3, -0.25) is 9.78 Å². The maximum Gasteiger partial charge on any atom is 0.224 e. The van der Waals surface area contributed by atoms with Crippen LogP contribution in [0, 0.1) is 18.6 Å². The van der Waals surface area contributed by atoms with Crippen molar-refractivity contribution in [1.29, 1.82) is 0 Å². The molecule has 0 aliphatic rings. The first-order valence-electron chi connectivity index (χ1n) is 8.70. The molecule has 3 nitrogen and oxygen atoms in total. The number of pyridine rings is 1. The fraction of sp³-hybridized carbons (Fsp3) is 0.182. The van der Waals surface area contributed by atoms with E-state index in [9.17, 15) is 13.6 Å². The van der Waals surface area contributed by atoms with Crippen LogP contribution in [0.1, 0.15) is 28.4 Å². The number of carbonyl (C=O) groups excluding carboxylic acids is 1. The molecule has 1 N–H and O–H groups in total. The Kier molecular flexibility index (Phi) is 5.91. The maximum atomic E-state index is 13.7. The van der Waals surface area contributed by atoms with E-state index in [2.05, 4.69) is 10.3 Å². The molecule has 0 aliphatic carbocycles. The Morgan fingerprint density at radius 2 is 1.74 bits per heavy atom. The quantitative estimate of drug-likeness (QED) is 0.706. The van der Waals surface area contributed by atoms with E-state index in [1.54, 1.807) is 30.5 Å². The van der Waals surface area contributed by atoms with E-state index in [1.807, 2.05) is 19.1 Å². The van der Waals surface area contributed by atoms with Crippen LogP contribution in [-0.2, 0) is 17.6 Å². The monoisotopic (exact) mass is 366 g/mol. The highest BCUT2D eigenvalue weighted by Gasteiger charge is 2.17. The normalized spacial score (nSPS) is 11.8. The largest absolute Gasteiger partial charge is 0.349 e. The van der Waals surface area contributed by atoms with Crippen LogP contribution >= 0.6 is 0 Å². The smallest absolute Gasteiger partial charge is 0.224 e. The molecule has 3 aromatic rings. The molecule has 5 heteroatoms. The summed E-state index contributed by atoms with van der Waals surface area (Å²) in [6.07, 6.45) is 2.19. The summed E-state index contributed by atoms with van der Waals surface area (Å²) in [5.41, 5.74) is 3.03. The van der Waals surface area contributed by atoms with Gasteiger partial charge < -0.3 is 5.32 Å². The van der Waals surface area contributed by atoms with E-state index < -0.39 is 6.04 Å². The summed E-state index contributed by atoms with van der Waals surface area (Å²) in [4.78, 5) is 16.7. The lowest BCUT2D eigenvalue weighted by atomic mass is 9.98. The van der Waals surface area contributed by atoms with Crippen molar-refractivity contribution in [2.24, 2.45) is 0 Å². The second-order valence-electron chi connectivity index (χ2n) is 6.49. The van der Waals surface area contributed by atoms with Crippen LogP contribution in [-0.4, -0.2) is 10.9 Å². The molecule has 0 saturated heterocycles. The number of halogens is 2. The Hall–Kier alpha value is -3.08. The summed E-state index contributed by atoms with van der Waals surface area (Å²) in [7, 11) is 0. The number of hydrogen-bond donors (Lipinski definition) is 1. The first-order valence-corrected chi connectivity index (χ1v) is 8.70. The Balaban J connectivity index is 1.78. The Morgan fingerprint density at radius 1 is 1.00 bits per heavy atom. The highest BCUT2D eigenvalue weighted by atomic mass is 19.1. The number of hydrogen-bond acceptors (Lipinski definition) is 2. The van der Waals surface area contributed by atoms with Crippen LogP contribution in [0.2, 0.25) is 0 Å². The molecule has 138 valence electrons. The Labute approximate surface area is 157 Å². The second kappa shape index (κ2) is 8.54. The van der Waals surface area contributed by atoms with Gasteiger partial charge in [0.05, 0.1) is 12.5 Å². The van der Waals surface area contributed by atoms with Gasteiger partial charge in [0.1, 0.15) is 11.6 Å². The molecule has 1 amide bonds. The first-order chi connectivity index (χ1) is 13.0. The van der Waals surface area contributed by atoms with E-state index >= 15 is 0 Å². The lowest BCUT2D eigenvalue weighted by Gasteiger charge is -2.20. The number of amides is 1. The van der Waals surface area contributed by atoms with Gasteiger partial charge in [0, 0.05) is 11.9 Å². The second-order valence-corrected chi connectivity index (χ2v) is 6.49. The third-order valence-corrected chi connectivity index (χ3v) is 4.25. The van der Waals surface area contributed by atoms with E-state index in [-0.39, 0.29) is 24.0 Å². The minimum atomic E-state index is -0.464. The summed E-state index contributed by atoms with van der Waals surface area (Å²) in [5, 5.41) is 2.94. The van der Waals surface area contributed by atoms with Crippen LogP contribution in [0.25, 0.3) is 0 Å². The Bertz CT molecular complexity index is 926. The van der Waals surface area contributed by atoms with Crippen molar-refractivity contribution in [3.8, 4) is 0 Å². The fourth-order valence-electron chi connectivity index (χ4n) is 2.91. The molecule has 3 rings (SSSR count). The van der Waals surface area contributed by atoms with Gasteiger partial charge in [-0.2, -0.15) is 0 Å². The van der Waals surface area contributed by atoms with Gasteiger partial charge in [-0.1, -0.05) is 30.3 Å². The standard InChI is InChI=1S/C22H20F2N2O/c1-15-8-9-17(14-25-15)12-22(27)26-21(18-5-3-7-20(24)13-18)11-16-4-2-6-19(23)10-16/h2-10,13-14,21H,11-12H2,1H3,(H,26,27). The highest BCUT2D eigenvalue weighted by Crippen LogP contribution is 2.20. The van der Waals surface area contributed by atoms with Crippen molar-refractivity contribution in [1.82, 2.24) is 10.3 Å². The molecular weight excluding hydrogens is 346 g/mol. The van der Waals surface area contributed by atoms with Gasteiger partial charge in [0.25, 0.3) is 0 Å². The summed E-state index contributed by atoms with van der Waals surface area (Å²) in [6.45, 7) is 1.88. The summed E-state index contributed by atoms with van der Waals surface area (Å²) in [5.74, 6) is -0.928. The van der Waals surface area contributed by atoms with E-state index in [1.165, 1.54) is 24.3 Å². The minimum Gasteiger partial charge on any atom is -0.349 e. The molecule has 27 heavy (non-hydrogen) atoms. The average molecular weight is 366 g/mol. The molecule has 1 unspecified atom stereocenters. The molecule has 0 fully saturated rings. The molecule has 2 aromatic carbocycles. The fourth-order valence-corrected chi connectivity index (χ4v) is 2.91. The van der Waals surface area contributed by atoms with Gasteiger partial charge in [-0.05, 0) is 60.4 Å². The highest BCUT2D eigenvalue weighted by molar-refractivity contribution is 5.79. The zero-order valence-corrected chi connectivity index (χ0v) is 15.0. The number of nitrogens with zero attached hydrogens (tertiary/aromatic N) is 1. The van der Waals surface area contributed by atoms with Crippen molar-refractivity contribution in [2.75, 3.05) is 0 Å². The number of rotatable bonds is 6. The van der Waals surface area contributed by atoms with E-state index in [0.717, 1.165) is 16.8 Å². The molecule has 0 saturated carbocycles. The van der Waals surface area contributed by atoms with E-state index in [0.29, 0.717) is 12.0 Å². The Morgan fingerprint density at radius 3 is 2.41 bits per heavy atom. The third-order valence-electron chi connectivity index (χ3n) is 4.25. The summed E-state index contributed by atoms with van der Waals surface area (Å²) in [6, 6.07) is 15.5. The van der Waals surface area contributed by atoms with Crippen LogP contribution in [0.4, 0.5) is 8.78 Å². The number of aromatic nitrogens is 1. The van der Waals surface area contributed by atoms with E-state index in [4.69, 9.17) is 0 Å². The molecule has 0 radical (unpaired) electrons. The number of carbonyl (C=O) groups is 1. The lowest BCUT2D eigenvalue weighted by molar-refractivity contribution is -0.121. The molecule has 0 aliphatic heterocycles. The number of nitrogens with one attached hydrogen (secondary N) is 1. The topological polar surface area (TPSA) is 42.0 Å². The SMILES string of the molecule is Cc1ccc(CC(=O)NC(Cc2cccc(F)c2)c2cccc(F)c2)cn1. The summed E-state index contributed by atoms with van der Waals surface area (Å²) < 4.78 is 27.2. The molecule has 0 spiro atoms. The van der Waals surface area contributed by atoms with Gasteiger partial charge in [-0.15, -0.1) is 0 Å². The molecule has 1 atom stereocenters. The minimum absolute atomic E-state index is 0.169. The first kappa shape index (κ1) is 18.7. The van der Waals surface area contributed by atoms with Crippen LogP contribution < -0.4 is 5.32 Å². The zero-order chi connectivity index (χ0) is 19.2. The summed E-state index contributed by atoms with van der Waals surface area (Å²) >= 11 is 0. The third kappa shape index (κ3) is 5.45. The van der Waals surface area contributed by atoms with Crippen molar-refractivity contribution in [3.63, 3.8) is 0 Å². The van der Waals surface area contributed by atoms with Crippen LogP contribution in [0.5, 0.6) is 0 Å². The molecule has 0 bridgehead atoms. The lowest BCUT2D eigenvalue weighted by Crippen LogP contribution is -2.31. The average Bonchev–Trinajstić information content (AvgIpc) is 2.63. The van der Waals surface area contributed by atoms with Crippen molar-refractivity contribution >= 4 is 5.91 Å². The molecule has 1 heterocycles. The number of aryl methyl sites for hydroxylation is 1. The maximum absolute atomic E-state index is 13.7. The van der Waals surface area contributed by atoms with Crippen LogP contribution in [0.3, 0.4) is 0 Å². The van der Waals surface area contributed by atoms with Gasteiger partial charge in [0.2, 0.25) is 5.91 Å². The van der Waals surface area contributed by atoms with Gasteiger partial charge >= 0.3 is 0 Å². The molecule has 1 aromatic heterocycles. The van der Waals surface area contributed by atoms with Crippen LogP contribution in [0.15, 0.2) is 66.9 Å². The van der Waals surface area contributed by atoms with Crippen molar-refractivity contribution in [3.05, 3.63) is 101 Å². The van der Waals surface area contributed by atoms with Gasteiger partial charge in [0.15, 0.2) is 0 Å². The van der Waals surface area contributed by atoms with Gasteiger partial charge in [-0.25, -0.2) is 8.78 Å². The molecular formula is C22H20F2N2O. The van der Waals surface area contributed by atoms with Crippen molar-refractivity contribution in [2.45, 2.75) is 25.8 Å². The predicted molar refractivity (Wildman–Crippen MR) is 100 cm³/mol. The predicted octanol–water partition coefficient (Wildman–Crippen LogP) is 4.31. The zero-order valence-electron chi connectivity index (χ0n) is 15.0. The number of benzene rings is 2. The van der Waals surface area contributed by atoms with Crippen molar-refractivity contribution < 1.29 is 13.6 Å².